The largest absolute Gasteiger partial charge is 0.643 e. The average molecular weight is 407 g/mol. The number of hydrogen-bond acceptors (Lipinski definition) is 6. The number of rotatable bonds is 8. The summed E-state index contributed by atoms with van der Waals surface area (Å²) in [6.45, 7) is 0. The second-order valence-electron chi connectivity index (χ2n) is 6.38. The van der Waals surface area contributed by atoms with Crippen LogP contribution in [-0.2, 0) is 4.79 Å². The van der Waals surface area contributed by atoms with Crippen molar-refractivity contribution in [3.8, 4) is 0 Å². The Kier molecular flexibility index (Phi) is 5.73. The Morgan fingerprint density at radius 1 is 0.767 bits per heavy atom. The zero-order valence-corrected chi connectivity index (χ0v) is 15.6. The number of anilines is 1. The zero-order chi connectivity index (χ0) is 21.7. The average Bonchev–Trinajstić information content (AvgIpc) is 2.75. The highest BCUT2D eigenvalue weighted by molar-refractivity contribution is 5.80. The van der Waals surface area contributed by atoms with Crippen LogP contribution in [0.1, 0.15) is 17.2 Å². The topological polar surface area (TPSA) is 127 Å². The standard InChI is InChI=1S/C21H17N3O6/c25-20(26)21(23(27)28,24(29)30)22(18-14-8-3-9-15-18)19(16-10-4-1-5-11-16)17-12-6-2-7-13-17/h1-15,19H,(H,25,26). The second kappa shape index (κ2) is 8.39. The minimum Gasteiger partial charge on any atom is -0.469 e. The molecule has 1 N–H and O–H groups in total. The monoisotopic (exact) mass is 407 g/mol. The summed E-state index contributed by atoms with van der Waals surface area (Å²) in [5.74, 6) is -5.85. The molecule has 3 aromatic rings. The molecule has 0 atom stereocenters. The van der Waals surface area contributed by atoms with Gasteiger partial charge in [0, 0.05) is 0 Å². The minimum atomic E-state index is -3.66. The molecule has 0 aliphatic heterocycles. The van der Waals surface area contributed by atoms with Crippen molar-refractivity contribution in [3.63, 3.8) is 0 Å². The first-order valence-electron chi connectivity index (χ1n) is 8.87. The van der Waals surface area contributed by atoms with Crippen LogP contribution in [0.3, 0.4) is 0 Å². The normalized spacial score (nSPS) is 11.1. The predicted octanol–water partition coefficient (Wildman–Crippen LogP) is 3.57. The Labute approximate surface area is 171 Å². The summed E-state index contributed by atoms with van der Waals surface area (Å²) in [6, 6.07) is 23.1. The molecule has 0 radical (unpaired) electrons. The number of nitro groups is 2. The highest BCUT2D eigenvalue weighted by Gasteiger charge is 2.72. The third-order valence-electron chi connectivity index (χ3n) is 4.66. The van der Waals surface area contributed by atoms with Crippen molar-refractivity contribution >= 4 is 11.7 Å². The number of carboxylic acid groups (broad SMARTS) is 1. The fourth-order valence-electron chi connectivity index (χ4n) is 3.36. The fourth-order valence-corrected chi connectivity index (χ4v) is 3.36. The highest BCUT2D eigenvalue weighted by atomic mass is 16.7. The summed E-state index contributed by atoms with van der Waals surface area (Å²) in [6.07, 6.45) is 0. The van der Waals surface area contributed by atoms with Gasteiger partial charge in [0.1, 0.15) is 9.85 Å². The van der Waals surface area contributed by atoms with Gasteiger partial charge in [-0.15, -0.1) is 0 Å². The number of aliphatic carboxylic acids is 1. The van der Waals surface area contributed by atoms with E-state index >= 15 is 0 Å². The maximum absolute atomic E-state index is 12.2. The van der Waals surface area contributed by atoms with Crippen molar-refractivity contribution in [1.82, 2.24) is 0 Å². The molecule has 0 fully saturated rings. The van der Waals surface area contributed by atoms with E-state index in [1.165, 1.54) is 24.3 Å². The summed E-state index contributed by atoms with van der Waals surface area (Å²) < 4.78 is 0. The summed E-state index contributed by atoms with van der Waals surface area (Å²) in [5, 5.41) is 33.9. The van der Waals surface area contributed by atoms with Crippen LogP contribution in [0.2, 0.25) is 0 Å². The number of carboxylic acids is 1. The molecule has 0 aromatic heterocycles. The first-order valence-corrected chi connectivity index (χ1v) is 8.87. The van der Waals surface area contributed by atoms with Crippen LogP contribution in [-0.4, -0.2) is 26.7 Å². The van der Waals surface area contributed by atoms with E-state index in [0.29, 0.717) is 11.1 Å². The Hall–Kier alpha value is -4.27. The molecule has 0 heterocycles. The van der Waals surface area contributed by atoms with Crippen molar-refractivity contribution in [2.24, 2.45) is 0 Å². The van der Waals surface area contributed by atoms with E-state index in [2.05, 4.69) is 0 Å². The molecule has 0 saturated carbocycles. The summed E-state index contributed by atoms with van der Waals surface area (Å²) >= 11 is 0. The van der Waals surface area contributed by atoms with E-state index < -0.39 is 27.6 Å². The summed E-state index contributed by atoms with van der Waals surface area (Å²) in [4.78, 5) is 34.2. The van der Waals surface area contributed by atoms with Crippen LogP contribution in [0.15, 0.2) is 91.0 Å². The van der Waals surface area contributed by atoms with E-state index in [1.54, 1.807) is 66.7 Å². The van der Waals surface area contributed by atoms with Crippen LogP contribution >= 0.6 is 0 Å². The Bertz CT molecular complexity index is 969. The van der Waals surface area contributed by atoms with Gasteiger partial charge in [0.15, 0.2) is 0 Å². The molecule has 0 aliphatic rings. The Morgan fingerprint density at radius 3 is 1.47 bits per heavy atom. The van der Waals surface area contributed by atoms with Gasteiger partial charge in [0.05, 0.1) is 11.7 Å². The minimum absolute atomic E-state index is 0.0195. The molecule has 0 bridgehead atoms. The summed E-state index contributed by atoms with van der Waals surface area (Å²) in [7, 11) is 0. The van der Waals surface area contributed by atoms with E-state index in [-0.39, 0.29) is 5.69 Å². The van der Waals surface area contributed by atoms with Crippen molar-refractivity contribution in [2.45, 2.75) is 11.8 Å². The number of carbonyl (C=O) groups is 1. The third kappa shape index (κ3) is 3.44. The highest BCUT2D eigenvalue weighted by Crippen LogP contribution is 2.39. The molecule has 3 aromatic carbocycles. The Balaban J connectivity index is 2.41. The maximum Gasteiger partial charge on any atom is 0.643 e. The molecule has 0 aliphatic carbocycles. The second-order valence-corrected chi connectivity index (χ2v) is 6.38. The van der Waals surface area contributed by atoms with Gasteiger partial charge >= 0.3 is 11.8 Å². The summed E-state index contributed by atoms with van der Waals surface area (Å²) in [5.41, 5.74) is 0.940. The molecule has 0 unspecified atom stereocenters. The zero-order valence-electron chi connectivity index (χ0n) is 15.6. The molecule has 152 valence electrons. The van der Waals surface area contributed by atoms with Crippen molar-refractivity contribution in [3.05, 3.63) is 122 Å². The van der Waals surface area contributed by atoms with Gasteiger partial charge in [-0.05, 0) is 23.3 Å². The first-order chi connectivity index (χ1) is 14.4. The molecule has 0 amide bonds. The van der Waals surface area contributed by atoms with Crippen molar-refractivity contribution in [2.75, 3.05) is 4.90 Å². The SMILES string of the molecule is O=C(O)C(N(c1ccccc1)C(c1ccccc1)c1ccccc1)([N+](=O)[O-])[N+](=O)[O-]. The molecule has 9 nitrogen and oxygen atoms in total. The van der Waals surface area contributed by atoms with Crippen LogP contribution in [0.4, 0.5) is 5.69 Å². The van der Waals surface area contributed by atoms with Crippen molar-refractivity contribution < 1.29 is 19.7 Å². The quantitative estimate of drug-likeness (QED) is 0.343. The van der Waals surface area contributed by atoms with Crippen LogP contribution in [0.25, 0.3) is 0 Å². The maximum atomic E-state index is 12.2. The van der Waals surface area contributed by atoms with Crippen LogP contribution in [0, 0.1) is 20.2 Å². The number of nitrogens with zero attached hydrogens (tertiary/aromatic N) is 3. The lowest BCUT2D eigenvalue weighted by Gasteiger charge is -2.35. The lowest BCUT2D eigenvalue weighted by atomic mass is 9.95. The molecule has 3 rings (SSSR count). The lowest BCUT2D eigenvalue weighted by Crippen LogP contribution is -2.66. The molecule has 9 heteroatoms. The van der Waals surface area contributed by atoms with Crippen molar-refractivity contribution in [1.29, 1.82) is 0 Å². The fraction of sp³-hybridized carbons (Fsp3) is 0.0952. The van der Waals surface area contributed by atoms with Gasteiger partial charge < -0.3 is 5.11 Å². The van der Waals surface area contributed by atoms with Gasteiger partial charge in [-0.2, -0.15) is 0 Å². The van der Waals surface area contributed by atoms with Gasteiger partial charge in [-0.3, -0.25) is 20.2 Å². The molecule has 0 spiro atoms. The number of benzene rings is 3. The molecule has 30 heavy (non-hydrogen) atoms. The van der Waals surface area contributed by atoms with E-state index in [0.717, 1.165) is 4.90 Å². The smallest absolute Gasteiger partial charge is 0.469 e. The molecular weight excluding hydrogens is 390 g/mol. The lowest BCUT2D eigenvalue weighted by molar-refractivity contribution is -0.777. The predicted molar refractivity (Wildman–Crippen MR) is 108 cm³/mol. The molecule has 0 saturated heterocycles. The van der Waals surface area contributed by atoms with Gasteiger partial charge in [-0.1, -0.05) is 78.9 Å². The number of hydrogen-bond donors (Lipinski definition) is 1. The third-order valence-corrected chi connectivity index (χ3v) is 4.66. The van der Waals surface area contributed by atoms with Gasteiger partial charge in [0.25, 0.3) is 0 Å². The van der Waals surface area contributed by atoms with Crippen LogP contribution in [0.5, 0.6) is 0 Å². The number of para-hydroxylation sites is 1. The van der Waals surface area contributed by atoms with E-state index in [4.69, 9.17) is 0 Å². The van der Waals surface area contributed by atoms with Gasteiger partial charge in [0.2, 0.25) is 0 Å². The van der Waals surface area contributed by atoms with E-state index in [9.17, 15) is 30.1 Å². The van der Waals surface area contributed by atoms with Crippen LogP contribution < -0.4 is 4.90 Å². The van der Waals surface area contributed by atoms with Gasteiger partial charge in [-0.25, -0.2) is 9.69 Å². The molecular formula is C21H17N3O6. The van der Waals surface area contributed by atoms with E-state index in [1.807, 2.05) is 0 Å². The first kappa shape index (κ1) is 20.5. The Morgan fingerprint density at radius 2 is 1.13 bits per heavy atom.